The molecule has 2 aromatic rings. The Balaban J connectivity index is 1.74. The highest BCUT2D eigenvalue weighted by atomic mass is 19.1. The number of hydrazone groups is 1. The monoisotopic (exact) mass is 289 g/mol. The first kappa shape index (κ1) is 14.4. The number of rotatable bonds is 5. The van der Waals surface area contributed by atoms with Gasteiger partial charge in [0, 0.05) is 0 Å². The molecule has 0 atom stereocenters. The highest BCUT2D eigenvalue weighted by Gasteiger charge is 2.09. The van der Waals surface area contributed by atoms with Crippen LogP contribution in [0.1, 0.15) is 16.1 Å². The third-order valence-electron chi connectivity index (χ3n) is 2.43. The molecule has 21 heavy (non-hydrogen) atoms. The van der Waals surface area contributed by atoms with Crippen molar-refractivity contribution >= 4 is 18.0 Å². The van der Waals surface area contributed by atoms with E-state index < -0.39 is 11.8 Å². The zero-order valence-corrected chi connectivity index (χ0v) is 10.9. The number of benzene rings is 1. The lowest BCUT2D eigenvalue weighted by Crippen LogP contribution is -2.34. The quantitative estimate of drug-likeness (QED) is 0.643. The van der Waals surface area contributed by atoms with Gasteiger partial charge in [0.05, 0.1) is 19.0 Å². The van der Waals surface area contributed by atoms with E-state index >= 15 is 0 Å². The minimum Gasteiger partial charge on any atom is -0.459 e. The largest absolute Gasteiger partial charge is 0.459 e. The highest BCUT2D eigenvalue weighted by molar-refractivity contribution is 5.94. The summed E-state index contributed by atoms with van der Waals surface area (Å²) in [7, 11) is 0. The summed E-state index contributed by atoms with van der Waals surface area (Å²) in [6.45, 7) is -0.236. The fraction of sp³-hybridized carbons (Fsp3) is 0.0714. The second-order valence-electron chi connectivity index (χ2n) is 4.00. The zero-order valence-electron chi connectivity index (χ0n) is 10.9. The van der Waals surface area contributed by atoms with Gasteiger partial charge < -0.3 is 9.73 Å². The summed E-state index contributed by atoms with van der Waals surface area (Å²) in [6.07, 6.45) is 2.73. The Hall–Kier alpha value is -2.96. The van der Waals surface area contributed by atoms with E-state index in [4.69, 9.17) is 4.42 Å². The molecule has 0 spiro atoms. The van der Waals surface area contributed by atoms with E-state index in [9.17, 15) is 14.0 Å². The molecule has 1 heterocycles. The standard InChI is InChI=1S/C14H12FN3O3/c15-11-5-3-10(4-6-11)8-17-18-13(19)9-16-14(20)12-2-1-7-21-12/h1-8H,9H2,(H,16,20)(H,18,19)/b17-8-. The maximum Gasteiger partial charge on any atom is 0.287 e. The van der Waals surface area contributed by atoms with Crippen molar-refractivity contribution in [2.24, 2.45) is 5.10 Å². The van der Waals surface area contributed by atoms with Crippen LogP contribution in [-0.2, 0) is 4.79 Å². The van der Waals surface area contributed by atoms with E-state index in [0.29, 0.717) is 5.56 Å². The molecule has 0 saturated carbocycles. The van der Waals surface area contributed by atoms with Crippen LogP contribution in [0.4, 0.5) is 4.39 Å². The average molecular weight is 289 g/mol. The third kappa shape index (κ3) is 4.57. The van der Waals surface area contributed by atoms with Crippen LogP contribution in [0, 0.1) is 5.82 Å². The summed E-state index contributed by atoms with van der Waals surface area (Å²) >= 11 is 0. The van der Waals surface area contributed by atoms with Crippen LogP contribution in [0.25, 0.3) is 0 Å². The van der Waals surface area contributed by atoms with Gasteiger partial charge in [-0.3, -0.25) is 9.59 Å². The van der Waals surface area contributed by atoms with E-state index in [1.807, 2.05) is 0 Å². The molecule has 0 aliphatic heterocycles. The van der Waals surface area contributed by atoms with Gasteiger partial charge >= 0.3 is 0 Å². The van der Waals surface area contributed by atoms with Gasteiger partial charge in [-0.05, 0) is 29.8 Å². The zero-order chi connectivity index (χ0) is 15.1. The van der Waals surface area contributed by atoms with E-state index in [1.54, 1.807) is 6.07 Å². The number of carbonyl (C=O) groups excluding carboxylic acids is 2. The number of nitrogens with zero attached hydrogens (tertiary/aromatic N) is 1. The van der Waals surface area contributed by atoms with Gasteiger partial charge in [0.25, 0.3) is 11.8 Å². The maximum absolute atomic E-state index is 12.7. The first-order chi connectivity index (χ1) is 10.1. The first-order valence-electron chi connectivity index (χ1n) is 6.04. The number of halogens is 1. The van der Waals surface area contributed by atoms with Crippen LogP contribution in [0.15, 0.2) is 52.2 Å². The molecule has 108 valence electrons. The van der Waals surface area contributed by atoms with Gasteiger partial charge in [-0.2, -0.15) is 5.10 Å². The molecule has 0 saturated heterocycles. The van der Waals surface area contributed by atoms with E-state index in [-0.39, 0.29) is 18.1 Å². The topological polar surface area (TPSA) is 83.7 Å². The lowest BCUT2D eigenvalue weighted by molar-refractivity contribution is -0.120. The Morgan fingerprint density at radius 3 is 2.67 bits per heavy atom. The summed E-state index contributed by atoms with van der Waals surface area (Å²) < 4.78 is 17.5. The molecule has 0 aliphatic rings. The molecule has 2 rings (SSSR count). The molecule has 0 aliphatic carbocycles. The van der Waals surface area contributed by atoms with Crippen LogP contribution in [0.2, 0.25) is 0 Å². The van der Waals surface area contributed by atoms with Crippen molar-refractivity contribution < 1.29 is 18.4 Å². The molecule has 1 aromatic heterocycles. The van der Waals surface area contributed by atoms with E-state index in [1.165, 1.54) is 42.8 Å². The van der Waals surface area contributed by atoms with Crippen LogP contribution in [0.3, 0.4) is 0 Å². The average Bonchev–Trinajstić information content (AvgIpc) is 3.01. The van der Waals surface area contributed by atoms with Crippen molar-refractivity contribution in [1.82, 2.24) is 10.7 Å². The van der Waals surface area contributed by atoms with Crippen LogP contribution in [0.5, 0.6) is 0 Å². The van der Waals surface area contributed by atoms with Gasteiger partial charge in [-0.25, -0.2) is 9.82 Å². The van der Waals surface area contributed by atoms with Crippen molar-refractivity contribution in [2.75, 3.05) is 6.54 Å². The predicted octanol–water partition coefficient (Wildman–Crippen LogP) is 1.30. The molecule has 0 radical (unpaired) electrons. The summed E-state index contributed by atoms with van der Waals surface area (Å²) in [5.74, 6) is -1.21. The van der Waals surface area contributed by atoms with Crippen LogP contribution in [-0.4, -0.2) is 24.6 Å². The lowest BCUT2D eigenvalue weighted by atomic mass is 10.2. The van der Waals surface area contributed by atoms with Crippen molar-refractivity contribution in [3.8, 4) is 0 Å². The maximum atomic E-state index is 12.7. The van der Waals surface area contributed by atoms with E-state index in [2.05, 4.69) is 15.8 Å². The smallest absolute Gasteiger partial charge is 0.287 e. The molecule has 2 amide bonds. The van der Waals surface area contributed by atoms with Gasteiger partial charge in [0.15, 0.2) is 5.76 Å². The number of hydrogen-bond acceptors (Lipinski definition) is 4. The predicted molar refractivity (Wildman–Crippen MR) is 73.2 cm³/mol. The highest BCUT2D eigenvalue weighted by Crippen LogP contribution is 1.99. The van der Waals surface area contributed by atoms with Crippen molar-refractivity contribution in [2.45, 2.75) is 0 Å². The van der Waals surface area contributed by atoms with Crippen molar-refractivity contribution in [1.29, 1.82) is 0 Å². The fourth-order valence-corrected chi connectivity index (χ4v) is 1.42. The summed E-state index contributed by atoms with van der Waals surface area (Å²) in [5.41, 5.74) is 2.87. The second-order valence-corrected chi connectivity index (χ2v) is 4.00. The Morgan fingerprint density at radius 1 is 1.24 bits per heavy atom. The Morgan fingerprint density at radius 2 is 2.00 bits per heavy atom. The SMILES string of the molecule is O=C(CNC(=O)c1ccco1)N/N=C\c1ccc(F)cc1. The van der Waals surface area contributed by atoms with Gasteiger partial charge in [-0.1, -0.05) is 12.1 Å². The molecule has 6 nitrogen and oxygen atoms in total. The minimum absolute atomic E-state index is 0.123. The molecule has 7 heteroatoms. The first-order valence-corrected chi connectivity index (χ1v) is 6.04. The van der Waals surface area contributed by atoms with Crippen LogP contribution < -0.4 is 10.7 Å². The Labute approximate surface area is 119 Å². The number of amides is 2. The molecule has 0 bridgehead atoms. The summed E-state index contributed by atoms with van der Waals surface area (Å²) in [4.78, 5) is 22.9. The lowest BCUT2D eigenvalue weighted by Gasteiger charge is -2.01. The van der Waals surface area contributed by atoms with Gasteiger partial charge in [-0.15, -0.1) is 0 Å². The van der Waals surface area contributed by atoms with Crippen LogP contribution >= 0.6 is 0 Å². The van der Waals surface area contributed by atoms with Gasteiger partial charge in [0.2, 0.25) is 0 Å². The molecule has 2 N–H and O–H groups in total. The minimum atomic E-state index is -0.492. The fourth-order valence-electron chi connectivity index (χ4n) is 1.42. The van der Waals surface area contributed by atoms with Gasteiger partial charge in [0.1, 0.15) is 5.82 Å². The molecule has 1 aromatic carbocycles. The molecule has 0 unspecified atom stereocenters. The number of hydrogen-bond donors (Lipinski definition) is 2. The number of furan rings is 1. The Bertz CT molecular complexity index is 636. The molecular formula is C14H12FN3O3. The molecular weight excluding hydrogens is 277 g/mol. The summed E-state index contributed by atoms with van der Waals surface area (Å²) in [6, 6.07) is 8.66. The van der Waals surface area contributed by atoms with Crippen molar-refractivity contribution in [3.63, 3.8) is 0 Å². The number of nitrogens with one attached hydrogen (secondary N) is 2. The van der Waals surface area contributed by atoms with Crippen molar-refractivity contribution in [3.05, 3.63) is 59.8 Å². The number of carbonyl (C=O) groups is 2. The third-order valence-corrected chi connectivity index (χ3v) is 2.43. The normalized spacial score (nSPS) is 10.5. The summed E-state index contributed by atoms with van der Waals surface area (Å²) in [5, 5.41) is 6.06. The second kappa shape index (κ2) is 6.99. The van der Waals surface area contributed by atoms with E-state index in [0.717, 1.165) is 0 Å². The Kier molecular flexibility index (Phi) is 4.81. The molecule has 0 fully saturated rings.